The number of aryl methyl sites for hydroxylation is 1. The van der Waals surface area contributed by atoms with E-state index in [4.69, 9.17) is 11.6 Å². The number of benzene rings is 1. The van der Waals surface area contributed by atoms with Gasteiger partial charge in [0, 0.05) is 24.7 Å². The van der Waals surface area contributed by atoms with Crippen molar-refractivity contribution < 1.29 is 0 Å². The SMILES string of the molecule is CCc1nc(Cl)cc(Nc2ccc(CN3CCC(C)CC3)cc2)n1. The molecule has 0 aliphatic carbocycles. The maximum atomic E-state index is 6.04. The van der Waals surface area contributed by atoms with E-state index in [2.05, 4.69) is 51.4 Å². The number of halogens is 1. The summed E-state index contributed by atoms with van der Waals surface area (Å²) in [5.41, 5.74) is 2.37. The van der Waals surface area contributed by atoms with Crippen LogP contribution in [0.1, 0.15) is 38.1 Å². The van der Waals surface area contributed by atoms with Crippen molar-refractivity contribution in [2.75, 3.05) is 18.4 Å². The van der Waals surface area contributed by atoms with Gasteiger partial charge >= 0.3 is 0 Å². The van der Waals surface area contributed by atoms with Crippen molar-refractivity contribution in [1.29, 1.82) is 0 Å². The molecule has 4 nitrogen and oxygen atoms in total. The van der Waals surface area contributed by atoms with Gasteiger partial charge in [-0.05, 0) is 49.5 Å². The standard InChI is InChI=1S/C19H25ClN4/c1-3-18-22-17(20)12-19(23-18)21-16-6-4-15(5-7-16)13-24-10-8-14(2)9-11-24/h4-7,12,14H,3,8-11,13H2,1-2H3,(H,21,22,23). The van der Waals surface area contributed by atoms with E-state index in [-0.39, 0.29) is 0 Å². The fraction of sp³-hybridized carbons (Fsp3) is 0.474. The highest BCUT2D eigenvalue weighted by Gasteiger charge is 2.15. The molecule has 1 N–H and O–H groups in total. The van der Waals surface area contributed by atoms with Crippen molar-refractivity contribution in [2.24, 2.45) is 5.92 Å². The molecule has 2 aromatic rings. The number of nitrogens with zero attached hydrogens (tertiary/aromatic N) is 3. The highest BCUT2D eigenvalue weighted by Crippen LogP contribution is 2.21. The molecule has 0 atom stereocenters. The topological polar surface area (TPSA) is 41.1 Å². The molecule has 5 heteroatoms. The summed E-state index contributed by atoms with van der Waals surface area (Å²) in [7, 11) is 0. The Morgan fingerprint density at radius 3 is 2.54 bits per heavy atom. The minimum Gasteiger partial charge on any atom is -0.340 e. The molecule has 1 aliphatic heterocycles. The Hall–Kier alpha value is -1.65. The Bertz CT molecular complexity index is 664. The van der Waals surface area contributed by atoms with Crippen LogP contribution in [0.3, 0.4) is 0 Å². The van der Waals surface area contributed by atoms with E-state index < -0.39 is 0 Å². The molecule has 128 valence electrons. The minimum atomic E-state index is 0.472. The quantitative estimate of drug-likeness (QED) is 0.800. The van der Waals surface area contributed by atoms with Crippen LogP contribution < -0.4 is 5.32 Å². The van der Waals surface area contributed by atoms with Gasteiger partial charge in [0.25, 0.3) is 0 Å². The molecule has 1 aliphatic rings. The fourth-order valence-electron chi connectivity index (χ4n) is 3.01. The van der Waals surface area contributed by atoms with Gasteiger partial charge in [-0.25, -0.2) is 9.97 Å². The molecule has 1 fully saturated rings. The van der Waals surface area contributed by atoms with E-state index >= 15 is 0 Å². The van der Waals surface area contributed by atoms with E-state index in [1.54, 1.807) is 6.07 Å². The lowest BCUT2D eigenvalue weighted by Gasteiger charge is -2.30. The molecule has 3 rings (SSSR count). The first-order chi connectivity index (χ1) is 11.6. The largest absolute Gasteiger partial charge is 0.340 e. The Kier molecular flexibility index (Phi) is 5.69. The molecule has 0 unspecified atom stereocenters. The van der Waals surface area contributed by atoms with Gasteiger partial charge in [0.1, 0.15) is 16.8 Å². The van der Waals surface area contributed by atoms with Gasteiger partial charge in [0.15, 0.2) is 0 Å². The smallest absolute Gasteiger partial charge is 0.135 e. The third-order valence-electron chi connectivity index (χ3n) is 4.57. The lowest BCUT2D eigenvalue weighted by Crippen LogP contribution is -2.32. The van der Waals surface area contributed by atoms with E-state index in [0.29, 0.717) is 5.15 Å². The van der Waals surface area contributed by atoms with Crippen LogP contribution in [-0.2, 0) is 13.0 Å². The molecule has 2 heterocycles. The third kappa shape index (κ3) is 4.68. The fourth-order valence-corrected chi connectivity index (χ4v) is 3.21. The Morgan fingerprint density at radius 1 is 1.17 bits per heavy atom. The summed E-state index contributed by atoms with van der Waals surface area (Å²) in [6, 6.07) is 10.3. The van der Waals surface area contributed by atoms with Gasteiger partial charge in [0.2, 0.25) is 0 Å². The molecular formula is C19H25ClN4. The summed E-state index contributed by atoms with van der Waals surface area (Å²) < 4.78 is 0. The summed E-state index contributed by atoms with van der Waals surface area (Å²) in [6.07, 6.45) is 3.39. The van der Waals surface area contributed by atoms with Crippen LogP contribution in [0.4, 0.5) is 11.5 Å². The zero-order chi connectivity index (χ0) is 16.9. The summed E-state index contributed by atoms with van der Waals surface area (Å²) >= 11 is 6.04. The van der Waals surface area contributed by atoms with Crippen molar-refractivity contribution in [3.05, 3.63) is 46.9 Å². The molecule has 0 spiro atoms. The van der Waals surface area contributed by atoms with Crippen LogP contribution >= 0.6 is 11.6 Å². The summed E-state index contributed by atoms with van der Waals surface area (Å²) in [6.45, 7) is 7.82. The van der Waals surface area contributed by atoms with Crippen molar-refractivity contribution in [3.63, 3.8) is 0 Å². The van der Waals surface area contributed by atoms with Gasteiger partial charge in [-0.1, -0.05) is 37.6 Å². The number of aromatic nitrogens is 2. The second-order valence-electron chi connectivity index (χ2n) is 6.63. The van der Waals surface area contributed by atoms with E-state index in [1.165, 1.54) is 31.5 Å². The second-order valence-corrected chi connectivity index (χ2v) is 7.01. The normalized spacial score (nSPS) is 16.3. The molecular weight excluding hydrogens is 320 g/mol. The first-order valence-corrected chi connectivity index (χ1v) is 9.12. The summed E-state index contributed by atoms with van der Waals surface area (Å²) in [5, 5.41) is 3.78. The summed E-state index contributed by atoms with van der Waals surface area (Å²) in [5.74, 6) is 2.37. The van der Waals surface area contributed by atoms with Gasteiger partial charge in [-0.15, -0.1) is 0 Å². The monoisotopic (exact) mass is 344 g/mol. The predicted molar refractivity (Wildman–Crippen MR) is 99.8 cm³/mol. The lowest BCUT2D eigenvalue weighted by molar-refractivity contribution is 0.185. The Balaban J connectivity index is 1.61. The van der Waals surface area contributed by atoms with Crippen LogP contribution in [-0.4, -0.2) is 28.0 Å². The highest BCUT2D eigenvalue weighted by atomic mass is 35.5. The molecule has 0 bridgehead atoms. The van der Waals surface area contributed by atoms with E-state index in [1.807, 2.05) is 6.92 Å². The van der Waals surface area contributed by atoms with Crippen LogP contribution in [0.25, 0.3) is 0 Å². The average Bonchev–Trinajstić information content (AvgIpc) is 2.58. The zero-order valence-electron chi connectivity index (χ0n) is 14.4. The Labute approximate surface area is 149 Å². The van der Waals surface area contributed by atoms with Gasteiger partial charge in [-0.3, -0.25) is 4.90 Å². The average molecular weight is 345 g/mol. The van der Waals surface area contributed by atoms with Gasteiger partial charge in [-0.2, -0.15) is 0 Å². The number of anilines is 2. The molecule has 0 radical (unpaired) electrons. The third-order valence-corrected chi connectivity index (χ3v) is 4.76. The van der Waals surface area contributed by atoms with Crippen LogP contribution in [0.15, 0.2) is 30.3 Å². The van der Waals surface area contributed by atoms with Crippen LogP contribution in [0.5, 0.6) is 0 Å². The first-order valence-electron chi connectivity index (χ1n) is 8.74. The maximum absolute atomic E-state index is 6.04. The molecule has 0 amide bonds. The first kappa shape index (κ1) is 17.2. The number of rotatable bonds is 5. The molecule has 1 saturated heterocycles. The van der Waals surface area contributed by atoms with Crippen molar-refractivity contribution in [3.8, 4) is 0 Å². The van der Waals surface area contributed by atoms with E-state index in [9.17, 15) is 0 Å². The van der Waals surface area contributed by atoms with E-state index in [0.717, 1.165) is 36.2 Å². The number of hydrogen-bond acceptors (Lipinski definition) is 4. The van der Waals surface area contributed by atoms with Crippen LogP contribution in [0.2, 0.25) is 5.15 Å². The number of hydrogen-bond donors (Lipinski definition) is 1. The van der Waals surface area contributed by atoms with Gasteiger partial charge < -0.3 is 5.32 Å². The zero-order valence-corrected chi connectivity index (χ0v) is 15.2. The molecule has 24 heavy (non-hydrogen) atoms. The number of nitrogens with one attached hydrogen (secondary N) is 1. The van der Waals surface area contributed by atoms with Crippen molar-refractivity contribution >= 4 is 23.1 Å². The molecule has 0 saturated carbocycles. The molecule has 1 aromatic carbocycles. The lowest BCUT2D eigenvalue weighted by atomic mass is 9.99. The molecule has 1 aromatic heterocycles. The number of piperidine rings is 1. The number of likely N-dealkylation sites (tertiary alicyclic amines) is 1. The maximum Gasteiger partial charge on any atom is 0.135 e. The second kappa shape index (κ2) is 7.95. The van der Waals surface area contributed by atoms with Gasteiger partial charge in [0.05, 0.1) is 0 Å². The summed E-state index contributed by atoms with van der Waals surface area (Å²) in [4.78, 5) is 11.2. The van der Waals surface area contributed by atoms with Crippen molar-refractivity contribution in [2.45, 2.75) is 39.7 Å². The van der Waals surface area contributed by atoms with Crippen LogP contribution in [0, 0.1) is 5.92 Å². The predicted octanol–water partition coefficient (Wildman–Crippen LogP) is 4.67. The Morgan fingerprint density at radius 2 is 1.88 bits per heavy atom. The van der Waals surface area contributed by atoms with Crippen molar-refractivity contribution in [1.82, 2.24) is 14.9 Å². The minimum absolute atomic E-state index is 0.472. The highest BCUT2D eigenvalue weighted by molar-refractivity contribution is 6.29.